The Kier molecular flexibility index (Phi) is 7.09. The summed E-state index contributed by atoms with van der Waals surface area (Å²) in [5.74, 6) is 0.491. The maximum Gasteiger partial charge on any atom is 0.293 e. The molecule has 0 aliphatic rings. The molecule has 0 spiro atoms. The summed E-state index contributed by atoms with van der Waals surface area (Å²) in [5, 5.41) is 6.46. The third-order valence-electron chi connectivity index (χ3n) is 6.16. The monoisotopic (exact) mass is 583 g/mol. The topological polar surface area (TPSA) is 80.3 Å². The molecule has 2 heterocycles. The lowest BCUT2D eigenvalue weighted by molar-refractivity contribution is 0.0951. The number of carbonyl (C=O) groups is 1. The molecule has 0 saturated carbocycles. The van der Waals surface area contributed by atoms with E-state index < -0.39 is 5.91 Å². The number of thiocarbonyl (C=S) groups is 1. The number of halogens is 2. The molecule has 0 atom stereocenters. The number of furan rings is 1. The van der Waals surface area contributed by atoms with Crippen LogP contribution in [0.1, 0.15) is 10.6 Å². The number of anilines is 1. The van der Waals surface area contributed by atoms with E-state index in [1.54, 1.807) is 48.5 Å². The lowest BCUT2D eigenvalue weighted by Gasteiger charge is -2.08. The van der Waals surface area contributed by atoms with E-state index in [1.165, 1.54) is 0 Å². The zero-order valence-corrected chi connectivity index (χ0v) is 23.0. The van der Waals surface area contributed by atoms with E-state index in [0.29, 0.717) is 44.0 Å². The number of hydrogen-bond donors (Lipinski definition) is 2. The average molecular weight is 584 g/mol. The van der Waals surface area contributed by atoms with Crippen LogP contribution >= 0.6 is 35.4 Å². The molecule has 0 bridgehead atoms. The highest BCUT2D eigenvalue weighted by Crippen LogP contribution is 2.34. The zero-order valence-electron chi connectivity index (χ0n) is 20.7. The molecule has 2 aromatic heterocycles. The van der Waals surface area contributed by atoms with Gasteiger partial charge >= 0.3 is 0 Å². The lowest BCUT2D eigenvalue weighted by atomic mass is 10.0. The van der Waals surface area contributed by atoms with Crippen molar-refractivity contribution in [2.75, 3.05) is 5.32 Å². The molecule has 0 radical (unpaired) electrons. The first-order valence-corrected chi connectivity index (χ1v) is 13.3. The Morgan fingerprint density at radius 1 is 0.775 bits per heavy atom. The predicted molar refractivity (Wildman–Crippen MR) is 163 cm³/mol. The average Bonchev–Trinajstić information content (AvgIpc) is 3.63. The fourth-order valence-electron chi connectivity index (χ4n) is 4.19. The maximum atomic E-state index is 12.7. The van der Waals surface area contributed by atoms with Gasteiger partial charge in [-0.25, -0.2) is 4.98 Å². The summed E-state index contributed by atoms with van der Waals surface area (Å²) < 4.78 is 11.7. The zero-order chi connectivity index (χ0) is 27.6. The van der Waals surface area contributed by atoms with Gasteiger partial charge in [-0.1, -0.05) is 71.7 Å². The second-order valence-electron chi connectivity index (χ2n) is 8.82. The smallest absolute Gasteiger partial charge is 0.293 e. The summed E-state index contributed by atoms with van der Waals surface area (Å²) in [7, 11) is 0. The fourth-order valence-corrected chi connectivity index (χ4v) is 4.79. The number of amides is 1. The van der Waals surface area contributed by atoms with Crippen molar-refractivity contribution < 1.29 is 13.6 Å². The molecule has 6 nitrogen and oxygen atoms in total. The van der Waals surface area contributed by atoms with Crippen LogP contribution in [0.2, 0.25) is 10.0 Å². The number of rotatable bonds is 5. The summed E-state index contributed by atoms with van der Waals surface area (Å²) in [6.07, 6.45) is 0. The third kappa shape index (κ3) is 5.35. The Labute approximate surface area is 244 Å². The number of benzene rings is 4. The molecule has 6 rings (SSSR count). The molecule has 2 N–H and O–H groups in total. The van der Waals surface area contributed by atoms with Crippen LogP contribution in [-0.4, -0.2) is 16.0 Å². The van der Waals surface area contributed by atoms with Crippen molar-refractivity contribution in [1.29, 1.82) is 0 Å². The van der Waals surface area contributed by atoms with E-state index in [2.05, 4.69) is 27.8 Å². The number of carbonyl (C=O) groups excluding carboxylic acids is 1. The number of fused-ring (bicyclic) bond motifs is 1. The highest BCUT2D eigenvalue weighted by Gasteiger charge is 2.17. The largest absolute Gasteiger partial charge is 0.451 e. The summed E-state index contributed by atoms with van der Waals surface area (Å²) in [6, 6.07) is 32.0. The molecular formula is C31H19Cl2N3O3S. The molecule has 9 heteroatoms. The standard InChI is InChI=1S/C31H19Cl2N3O3S/c32-23-8-4-7-22(28(23)33)25-15-16-27(38-25)29(37)36-31(40)34-21-13-14-26-24(17-21)35-30(39-26)20-11-9-19(10-12-20)18-5-2-1-3-6-18/h1-17H,(H2,34,36,37,40). The van der Waals surface area contributed by atoms with Crippen LogP contribution in [-0.2, 0) is 0 Å². The van der Waals surface area contributed by atoms with Gasteiger partial charge in [0.05, 0.1) is 10.0 Å². The minimum absolute atomic E-state index is 0.0741. The first-order chi connectivity index (χ1) is 19.4. The number of hydrogen-bond acceptors (Lipinski definition) is 5. The van der Waals surface area contributed by atoms with E-state index in [0.717, 1.165) is 16.7 Å². The first kappa shape index (κ1) is 25.8. The Bertz CT molecular complexity index is 1860. The van der Waals surface area contributed by atoms with Gasteiger partial charge in [-0.05, 0) is 77.9 Å². The van der Waals surface area contributed by atoms with E-state index >= 15 is 0 Å². The van der Waals surface area contributed by atoms with Crippen LogP contribution in [0.4, 0.5) is 5.69 Å². The van der Waals surface area contributed by atoms with Crippen molar-refractivity contribution in [2.24, 2.45) is 0 Å². The van der Waals surface area contributed by atoms with Gasteiger partial charge in [0, 0.05) is 16.8 Å². The molecule has 0 saturated heterocycles. The van der Waals surface area contributed by atoms with Gasteiger partial charge in [-0.15, -0.1) is 0 Å². The van der Waals surface area contributed by atoms with E-state index in [-0.39, 0.29) is 10.9 Å². The molecule has 0 aliphatic heterocycles. The van der Waals surface area contributed by atoms with E-state index in [1.807, 2.05) is 42.5 Å². The Morgan fingerprint density at radius 2 is 1.52 bits per heavy atom. The summed E-state index contributed by atoms with van der Waals surface area (Å²) >= 11 is 17.7. The Morgan fingerprint density at radius 3 is 2.33 bits per heavy atom. The normalized spacial score (nSPS) is 10.9. The first-order valence-electron chi connectivity index (χ1n) is 12.2. The lowest BCUT2D eigenvalue weighted by Crippen LogP contribution is -2.33. The van der Waals surface area contributed by atoms with Crippen LogP contribution in [0.3, 0.4) is 0 Å². The summed E-state index contributed by atoms with van der Waals surface area (Å²) in [4.78, 5) is 17.3. The van der Waals surface area contributed by atoms with Crippen molar-refractivity contribution in [3.05, 3.63) is 119 Å². The van der Waals surface area contributed by atoms with Crippen LogP contribution < -0.4 is 10.6 Å². The van der Waals surface area contributed by atoms with Crippen LogP contribution in [0.5, 0.6) is 0 Å². The Balaban J connectivity index is 1.13. The Hall–Kier alpha value is -4.43. The number of nitrogens with zero attached hydrogens (tertiary/aromatic N) is 1. The van der Waals surface area contributed by atoms with Crippen LogP contribution in [0.25, 0.3) is 45.0 Å². The molecular weight excluding hydrogens is 565 g/mol. The summed E-state index contributed by atoms with van der Waals surface area (Å²) in [5.41, 5.74) is 5.63. The van der Waals surface area contributed by atoms with Gasteiger partial charge in [0.15, 0.2) is 16.5 Å². The molecule has 6 aromatic rings. The molecule has 1 amide bonds. The SMILES string of the molecule is O=C(NC(=S)Nc1ccc2oc(-c3ccc(-c4ccccc4)cc3)nc2c1)c1ccc(-c2cccc(Cl)c2Cl)o1. The maximum absolute atomic E-state index is 12.7. The van der Waals surface area contributed by atoms with Crippen molar-refractivity contribution in [1.82, 2.24) is 10.3 Å². The quantitative estimate of drug-likeness (QED) is 0.197. The molecule has 0 fully saturated rings. The summed E-state index contributed by atoms with van der Waals surface area (Å²) in [6.45, 7) is 0. The van der Waals surface area contributed by atoms with Gasteiger partial charge in [0.1, 0.15) is 11.3 Å². The van der Waals surface area contributed by atoms with E-state index in [9.17, 15) is 4.79 Å². The molecule has 4 aromatic carbocycles. The van der Waals surface area contributed by atoms with Gasteiger partial charge in [-0.3, -0.25) is 10.1 Å². The van der Waals surface area contributed by atoms with Crippen molar-refractivity contribution in [3.8, 4) is 33.9 Å². The highest BCUT2D eigenvalue weighted by molar-refractivity contribution is 7.80. The van der Waals surface area contributed by atoms with E-state index in [4.69, 9.17) is 44.3 Å². The minimum atomic E-state index is -0.509. The molecule has 196 valence electrons. The van der Waals surface area contributed by atoms with Crippen LogP contribution in [0.15, 0.2) is 112 Å². The highest BCUT2D eigenvalue weighted by atomic mass is 35.5. The predicted octanol–water partition coefficient (Wildman–Crippen LogP) is 8.86. The van der Waals surface area contributed by atoms with Crippen LogP contribution in [0, 0.1) is 0 Å². The number of nitrogens with one attached hydrogen (secondary N) is 2. The van der Waals surface area contributed by atoms with Crippen molar-refractivity contribution in [3.63, 3.8) is 0 Å². The number of oxazole rings is 1. The number of aromatic nitrogens is 1. The van der Waals surface area contributed by atoms with Crippen molar-refractivity contribution in [2.45, 2.75) is 0 Å². The van der Waals surface area contributed by atoms with Gasteiger partial charge in [0.2, 0.25) is 5.89 Å². The third-order valence-corrected chi connectivity index (χ3v) is 7.18. The van der Waals surface area contributed by atoms with Gasteiger partial charge in [-0.2, -0.15) is 0 Å². The van der Waals surface area contributed by atoms with Crippen molar-refractivity contribution >= 4 is 63.2 Å². The second-order valence-corrected chi connectivity index (χ2v) is 10.0. The molecule has 0 aliphatic carbocycles. The fraction of sp³-hybridized carbons (Fsp3) is 0. The molecule has 0 unspecified atom stereocenters. The minimum Gasteiger partial charge on any atom is -0.451 e. The second kappa shape index (κ2) is 11.0. The molecule has 40 heavy (non-hydrogen) atoms. The van der Waals surface area contributed by atoms with Gasteiger partial charge in [0.25, 0.3) is 5.91 Å². The van der Waals surface area contributed by atoms with Gasteiger partial charge < -0.3 is 14.2 Å².